The van der Waals surface area contributed by atoms with Crippen molar-refractivity contribution in [2.75, 3.05) is 11.4 Å². The normalized spacial score (nSPS) is 19.4. The third-order valence-electron chi connectivity index (χ3n) is 2.54. The van der Waals surface area contributed by atoms with Gasteiger partial charge < -0.3 is 10.0 Å². The van der Waals surface area contributed by atoms with Gasteiger partial charge >= 0.3 is 5.97 Å². The van der Waals surface area contributed by atoms with Crippen molar-refractivity contribution in [3.05, 3.63) is 30.3 Å². The van der Waals surface area contributed by atoms with Gasteiger partial charge in [-0.05, 0) is 12.1 Å². The Morgan fingerprint density at radius 1 is 1.31 bits per heavy atom. The first-order valence-corrected chi connectivity index (χ1v) is 4.76. The van der Waals surface area contributed by atoms with Crippen molar-refractivity contribution >= 4 is 47.1 Å². The third-order valence-corrected chi connectivity index (χ3v) is 2.54. The summed E-state index contributed by atoms with van der Waals surface area (Å²) >= 11 is 0. The van der Waals surface area contributed by atoms with E-state index in [4.69, 9.17) is 5.11 Å². The van der Waals surface area contributed by atoms with Gasteiger partial charge in [-0.15, -0.1) is 0 Å². The molecule has 0 bridgehead atoms. The Labute approximate surface area is 116 Å². The topological polar surface area (TPSA) is 57.6 Å². The van der Waals surface area contributed by atoms with Gasteiger partial charge in [0.15, 0.2) is 0 Å². The molecule has 2 rings (SSSR count). The first-order valence-electron chi connectivity index (χ1n) is 4.76. The molecule has 1 aromatic rings. The molecule has 1 amide bonds. The summed E-state index contributed by atoms with van der Waals surface area (Å²) in [6, 6.07) is 9.14. The molecule has 0 aromatic heterocycles. The number of nitrogens with zero attached hydrogens (tertiary/aromatic N) is 1. The molecule has 1 atom stereocenters. The molecular formula is C11H11NNaO3. The first kappa shape index (κ1) is 13.2. The standard InChI is InChI=1S/C11H11NO3.Na/c13-10-6-8(11(14)15)7-12(10)9-4-2-1-3-5-9;/h1-5,8H,6-7H2,(H,14,15);. The molecule has 1 N–H and O–H groups in total. The van der Waals surface area contributed by atoms with E-state index in [9.17, 15) is 9.59 Å². The van der Waals surface area contributed by atoms with Gasteiger partial charge in [0, 0.05) is 48.2 Å². The average Bonchev–Trinajstić information content (AvgIpc) is 2.62. The zero-order valence-corrected chi connectivity index (χ0v) is 11.1. The second kappa shape index (κ2) is 5.48. The largest absolute Gasteiger partial charge is 0.481 e. The van der Waals surface area contributed by atoms with Gasteiger partial charge in [0.1, 0.15) is 0 Å². The predicted molar refractivity (Wildman–Crippen MR) is 60.3 cm³/mol. The van der Waals surface area contributed by atoms with Crippen molar-refractivity contribution in [3.8, 4) is 0 Å². The SMILES string of the molecule is O=C(O)C1CC(=O)N(c2ccccc2)C1.[Na]. The number of para-hydroxylation sites is 1. The van der Waals surface area contributed by atoms with E-state index >= 15 is 0 Å². The van der Waals surface area contributed by atoms with Gasteiger partial charge in [0.05, 0.1) is 5.92 Å². The third kappa shape index (κ3) is 2.64. The predicted octanol–water partition coefficient (Wildman–Crippen LogP) is 0.743. The number of carboxylic acid groups (broad SMARTS) is 1. The van der Waals surface area contributed by atoms with E-state index in [1.807, 2.05) is 30.3 Å². The summed E-state index contributed by atoms with van der Waals surface area (Å²) in [7, 11) is 0. The molecule has 1 saturated heterocycles. The summed E-state index contributed by atoms with van der Waals surface area (Å²) < 4.78 is 0. The van der Waals surface area contributed by atoms with Gasteiger partial charge in [-0.25, -0.2) is 0 Å². The monoisotopic (exact) mass is 228 g/mol. The van der Waals surface area contributed by atoms with Gasteiger partial charge in [-0.2, -0.15) is 0 Å². The Kier molecular flexibility index (Phi) is 4.53. The van der Waals surface area contributed by atoms with E-state index in [1.54, 1.807) is 0 Å². The average molecular weight is 228 g/mol. The molecule has 79 valence electrons. The number of rotatable bonds is 2. The van der Waals surface area contributed by atoms with Crippen molar-refractivity contribution in [2.45, 2.75) is 6.42 Å². The van der Waals surface area contributed by atoms with E-state index in [0.717, 1.165) is 5.69 Å². The summed E-state index contributed by atoms with van der Waals surface area (Å²) in [6.07, 6.45) is 0.101. The van der Waals surface area contributed by atoms with E-state index in [2.05, 4.69) is 0 Å². The Bertz CT molecular complexity index is 393. The van der Waals surface area contributed by atoms with Crippen LogP contribution in [0.4, 0.5) is 5.69 Å². The molecule has 0 aliphatic carbocycles. The van der Waals surface area contributed by atoms with Crippen molar-refractivity contribution in [1.82, 2.24) is 0 Å². The Morgan fingerprint density at radius 2 is 1.94 bits per heavy atom. The number of carbonyl (C=O) groups is 2. The minimum atomic E-state index is -0.901. The van der Waals surface area contributed by atoms with E-state index in [1.165, 1.54) is 4.90 Å². The maximum absolute atomic E-state index is 11.6. The quantitative estimate of drug-likeness (QED) is 0.760. The maximum atomic E-state index is 11.6. The summed E-state index contributed by atoms with van der Waals surface area (Å²) in [5.74, 6) is -1.59. The second-order valence-electron chi connectivity index (χ2n) is 3.58. The van der Waals surface area contributed by atoms with Gasteiger partial charge in [0.2, 0.25) is 5.91 Å². The number of aliphatic carboxylic acids is 1. The fourth-order valence-corrected chi connectivity index (χ4v) is 1.73. The van der Waals surface area contributed by atoms with E-state index in [-0.39, 0.29) is 48.4 Å². The van der Waals surface area contributed by atoms with Crippen LogP contribution in [0.2, 0.25) is 0 Å². The van der Waals surface area contributed by atoms with Gasteiger partial charge in [-0.3, -0.25) is 9.59 Å². The minimum Gasteiger partial charge on any atom is -0.481 e. The fourth-order valence-electron chi connectivity index (χ4n) is 1.73. The number of amides is 1. The van der Waals surface area contributed by atoms with Gasteiger partial charge in [0.25, 0.3) is 0 Å². The summed E-state index contributed by atoms with van der Waals surface area (Å²) in [5.41, 5.74) is 0.770. The zero-order chi connectivity index (χ0) is 10.8. The molecule has 1 radical (unpaired) electrons. The molecule has 0 saturated carbocycles. The smallest absolute Gasteiger partial charge is 0.308 e. The number of anilines is 1. The molecule has 4 nitrogen and oxygen atoms in total. The molecule has 16 heavy (non-hydrogen) atoms. The molecule has 1 heterocycles. The summed E-state index contributed by atoms with van der Waals surface area (Å²) in [5, 5.41) is 8.82. The second-order valence-corrected chi connectivity index (χ2v) is 3.58. The van der Waals surface area contributed by atoms with Crippen LogP contribution >= 0.6 is 0 Å². The fraction of sp³-hybridized carbons (Fsp3) is 0.273. The molecule has 1 unspecified atom stereocenters. The number of hydrogen-bond acceptors (Lipinski definition) is 2. The molecule has 0 spiro atoms. The van der Waals surface area contributed by atoms with Gasteiger partial charge in [-0.1, -0.05) is 18.2 Å². The number of hydrogen-bond donors (Lipinski definition) is 1. The van der Waals surface area contributed by atoms with Crippen LogP contribution in [0.3, 0.4) is 0 Å². The van der Waals surface area contributed by atoms with Crippen molar-refractivity contribution in [2.24, 2.45) is 5.92 Å². The Balaban J connectivity index is 0.00000128. The maximum Gasteiger partial charge on any atom is 0.308 e. The molecule has 1 aliphatic heterocycles. The van der Waals surface area contributed by atoms with Crippen LogP contribution in [0.5, 0.6) is 0 Å². The van der Waals surface area contributed by atoms with Crippen molar-refractivity contribution in [3.63, 3.8) is 0 Å². The van der Waals surface area contributed by atoms with Crippen molar-refractivity contribution in [1.29, 1.82) is 0 Å². The van der Waals surface area contributed by atoms with Crippen LogP contribution in [-0.4, -0.2) is 53.1 Å². The first-order chi connectivity index (χ1) is 7.18. The Morgan fingerprint density at radius 3 is 2.44 bits per heavy atom. The number of carboxylic acids is 1. The number of benzene rings is 1. The minimum absolute atomic E-state index is 0. The summed E-state index contributed by atoms with van der Waals surface area (Å²) in [6.45, 7) is 0.276. The van der Waals surface area contributed by atoms with E-state index in [0.29, 0.717) is 0 Å². The van der Waals surface area contributed by atoms with Crippen LogP contribution in [0.15, 0.2) is 30.3 Å². The Hall–Kier alpha value is -0.840. The molecule has 1 aliphatic rings. The summed E-state index contributed by atoms with van der Waals surface area (Å²) in [4.78, 5) is 23.8. The van der Waals surface area contributed by atoms with Crippen LogP contribution in [0.25, 0.3) is 0 Å². The zero-order valence-electron chi connectivity index (χ0n) is 9.09. The number of carbonyl (C=O) groups excluding carboxylic acids is 1. The molecule has 1 fully saturated rings. The van der Waals surface area contributed by atoms with Crippen molar-refractivity contribution < 1.29 is 14.7 Å². The van der Waals surface area contributed by atoms with Crippen LogP contribution in [0, 0.1) is 5.92 Å². The van der Waals surface area contributed by atoms with Crippen LogP contribution in [-0.2, 0) is 9.59 Å². The molecule has 1 aromatic carbocycles. The van der Waals surface area contributed by atoms with Crippen LogP contribution < -0.4 is 4.90 Å². The van der Waals surface area contributed by atoms with E-state index < -0.39 is 11.9 Å². The molecular weight excluding hydrogens is 217 g/mol. The molecule has 5 heteroatoms. The van der Waals surface area contributed by atoms with Crippen LogP contribution in [0.1, 0.15) is 6.42 Å².